The van der Waals surface area contributed by atoms with E-state index in [-0.39, 0.29) is 24.5 Å². The van der Waals surface area contributed by atoms with Crippen molar-refractivity contribution in [3.8, 4) is 0 Å². The molecule has 1 saturated carbocycles. The predicted octanol–water partition coefficient (Wildman–Crippen LogP) is 4.24. The van der Waals surface area contributed by atoms with Crippen molar-refractivity contribution in [2.24, 2.45) is 0 Å². The molecule has 0 aromatic heterocycles. The Labute approximate surface area is 179 Å². The highest BCUT2D eigenvalue weighted by Gasteiger charge is 2.31. The SMILES string of the molecule is CCOC(=O)CN(Cc1ccccc1)[C@H](C(=O)NC1CCCCC1)c1ccccc1. The second-order valence-electron chi connectivity index (χ2n) is 7.85. The van der Waals surface area contributed by atoms with Gasteiger partial charge in [0.05, 0.1) is 13.2 Å². The van der Waals surface area contributed by atoms with E-state index in [4.69, 9.17) is 4.74 Å². The maximum absolute atomic E-state index is 13.5. The number of carbonyl (C=O) groups excluding carboxylic acids is 2. The minimum absolute atomic E-state index is 0.0478. The minimum atomic E-state index is -0.558. The maximum Gasteiger partial charge on any atom is 0.320 e. The zero-order valence-corrected chi connectivity index (χ0v) is 17.8. The number of hydrogen-bond donors (Lipinski definition) is 1. The van der Waals surface area contributed by atoms with Gasteiger partial charge in [0.15, 0.2) is 0 Å². The Kier molecular flexibility index (Phi) is 8.45. The summed E-state index contributed by atoms with van der Waals surface area (Å²) in [5.41, 5.74) is 1.93. The van der Waals surface area contributed by atoms with Crippen LogP contribution in [0, 0.1) is 0 Å². The smallest absolute Gasteiger partial charge is 0.320 e. The van der Waals surface area contributed by atoms with E-state index < -0.39 is 6.04 Å². The topological polar surface area (TPSA) is 58.6 Å². The lowest BCUT2D eigenvalue weighted by Gasteiger charge is -2.32. The Morgan fingerprint density at radius 3 is 2.27 bits per heavy atom. The number of ether oxygens (including phenoxy) is 1. The zero-order chi connectivity index (χ0) is 21.2. The van der Waals surface area contributed by atoms with E-state index in [2.05, 4.69) is 5.32 Å². The molecule has 0 aliphatic heterocycles. The van der Waals surface area contributed by atoms with Gasteiger partial charge in [0, 0.05) is 12.6 Å². The molecule has 0 unspecified atom stereocenters. The maximum atomic E-state index is 13.5. The Morgan fingerprint density at radius 2 is 1.63 bits per heavy atom. The van der Waals surface area contributed by atoms with Crippen LogP contribution >= 0.6 is 0 Å². The summed E-state index contributed by atoms with van der Waals surface area (Å²) in [6.07, 6.45) is 5.57. The molecule has 0 saturated heterocycles. The molecule has 3 rings (SSSR count). The number of carbonyl (C=O) groups is 2. The molecule has 160 valence electrons. The summed E-state index contributed by atoms with van der Waals surface area (Å²) in [4.78, 5) is 27.8. The van der Waals surface area contributed by atoms with E-state index in [1.165, 1.54) is 6.42 Å². The van der Waals surface area contributed by atoms with Crippen molar-refractivity contribution in [1.29, 1.82) is 0 Å². The first-order chi connectivity index (χ1) is 14.7. The molecule has 0 bridgehead atoms. The fraction of sp³-hybridized carbons (Fsp3) is 0.440. The van der Waals surface area contributed by atoms with Crippen LogP contribution in [0.2, 0.25) is 0 Å². The van der Waals surface area contributed by atoms with Crippen LogP contribution in [0.3, 0.4) is 0 Å². The molecule has 1 atom stereocenters. The van der Waals surface area contributed by atoms with Gasteiger partial charge in [0.25, 0.3) is 0 Å². The number of rotatable bonds is 9. The summed E-state index contributed by atoms with van der Waals surface area (Å²) < 4.78 is 5.21. The first-order valence-electron chi connectivity index (χ1n) is 11.0. The van der Waals surface area contributed by atoms with Gasteiger partial charge in [-0.2, -0.15) is 0 Å². The van der Waals surface area contributed by atoms with E-state index >= 15 is 0 Å². The van der Waals surface area contributed by atoms with Crippen LogP contribution in [-0.2, 0) is 20.9 Å². The number of nitrogens with one attached hydrogen (secondary N) is 1. The fourth-order valence-electron chi connectivity index (χ4n) is 4.12. The molecule has 0 spiro atoms. The Hall–Kier alpha value is -2.66. The van der Waals surface area contributed by atoms with Crippen molar-refractivity contribution >= 4 is 11.9 Å². The van der Waals surface area contributed by atoms with Crippen LogP contribution in [0.1, 0.15) is 56.2 Å². The molecule has 5 heteroatoms. The molecule has 2 aromatic rings. The van der Waals surface area contributed by atoms with Gasteiger partial charge >= 0.3 is 5.97 Å². The van der Waals surface area contributed by atoms with Gasteiger partial charge in [-0.05, 0) is 30.9 Å². The lowest BCUT2D eigenvalue weighted by molar-refractivity contribution is -0.146. The van der Waals surface area contributed by atoms with E-state index in [0.29, 0.717) is 13.2 Å². The van der Waals surface area contributed by atoms with Crippen LogP contribution in [-0.4, -0.2) is 36.0 Å². The molecule has 1 aliphatic rings. The Morgan fingerprint density at radius 1 is 1.00 bits per heavy atom. The predicted molar refractivity (Wildman–Crippen MR) is 118 cm³/mol. The van der Waals surface area contributed by atoms with E-state index in [1.807, 2.05) is 65.6 Å². The fourth-order valence-corrected chi connectivity index (χ4v) is 4.12. The number of hydrogen-bond acceptors (Lipinski definition) is 4. The molecular weight excluding hydrogens is 376 g/mol. The van der Waals surface area contributed by atoms with Crippen molar-refractivity contribution in [2.45, 2.75) is 57.7 Å². The van der Waals surface area contributed by atoms with E-state index in [0.717, 1.165) is 36.8 Å². The molecule has 2 aromatic carbocycles. The number of esters is 1. The van der Waals surface area contributed by atoms with Crippen molar-refractivity contribution in [3.63, 3.8) is 0 Å². The van der Waals surface area contributed by atoms with Crippen molar-refractivity contribution in [2.75, 3.05) is 13.2 Å². The van der Waals surface area contributed by atoms with E-state index in [1.54, 1.807) is 6.92 Å². The van der Waals surface area contributed by atoms with Crippen molar-refractivity contribution in [3.05, 3.63) is 71.8 Å². The van der Waals surface area contributed by atoms with Crippen molar-refractivity contribution < 1.29 is 14.3 Å². The number of benzene rings is 2. The quantitative estimate of drug-likeness (QED) is 0.631. The standard InChI is InChI=1S/C25H32N2O3/c1-2-30-23(28)19-27(18-20-12-6-3-7-13-20)24(21-14-8-4-9-15-21)25(29)26-22-16-10-5-11-17-22/h3-4,6-9,12-15,22,24H,2,5,10-11,16-19H2,1H3,(H,26,29)/t24-/m0/s1. The third kappa shape index (κ3) is 6.42. The largest absolute Gasteiger partial charge is 0.465 e. The first-order valence-corrected chi connectivity index (χ1v) is 11.0. The highest BCUT2D eigenvalue weighted by atomic mass is 16.5. The van der Waals surface area contributed by atoms with Crippen LogP contribution in [0.25, 0.3) is 0 Å². The number of nitrogens with zero attached hydrogens (tertiary/aromatic N) is 1. The van der Waals surface area contributed by atoms with Crippen LogP contribution in [0.5, 0.6) is 0 Å². The Bertz CT molecular complexity index is 789. The van der Waals surface area contributed by atoms with Gasteiger partial charge in [-0.25, -0.2) is 0 Å². The molecular formula is C25H32N2O3. The summed E-state index contributed by atoms with van der Waals surface area (Å²) in [5.74, 6) is -0.367. The molecule has 1 amide bonds. The molecule has 30 heavy (non-hydrogen) atoms. The van der Waals surface area contributed by atoms with Gasteiger partial charge < -0.3 is 10.1 Å². The van der Waals surface area contributed by atoms with Crippen LogP contribution in [0.15, 0.2) is 60.7 Å². The second-order valence-corrected chi connectivity index (χ2v) is 7.85. The number of amides is 1. The third-order valence-electron chi connectivity index (χ3n) is 5.55. The zero-order valence-electron chi connectivity index (χ0n) is 17.8. The minimum Gasteiger partial charge on any atom is -0.465 e. The average molecular weight is 409 g/mol. The van der Waals surface area contributed by atoms with Crippen molar-refractivity contribution in [1.82, 2.24) is 10.2 Å². The van der Waals surface area contributed by atoms with Gasteiger partial charge in [0.1, 0.15) is 6.04 Å². The lowest BCUT2D eigenvalue weighted by Crippen LogP contribution is -2.46. The molecule has 5 nitrogen and oxygen atoms in total. The Balaban J connectivity index is 1.88. The summed E-state index contributed by atoms with van der Waals surface area (Å²) in [5, 5.41) is 3.26. The van der Waals surface area contributed by atoms with Crippen LogP contribution in [0.4, 0.5) is 0 Å². The lowest BCUT2D eigenvalue weighted by atomic mass is 9.94. The van der Waals surface area contributed by atoms with Gasteiger partial charge in [-0.15, -0.1) is 0 Å². The summed E-state index contributed by atoms with van der Waals surface area (Å²) in [6, 6.07) is 19.3. The molecule has 0 radical (unpaired) electrons. The second kappa shape index (κ2) is 11.5. The average Bonchev–Trinajstić information content (AvgIpc) is 2.76. The van der Waals surface area contributed by atoms with Gasteiger partial charge in [0.2, 0.25) is 5.91 Å². The first kappa shape index (κ1) is 22.0. The molecule has 1 fully saturated rings. The van der Waals surface area contributed by atoms with Gasteiger partial charge in [-0.3, -0.25) is 14.5 Å². The summed E-state index contributed by atoms with van der Waals surface area (Å²) in [6.45, 7) is 2.66. The monoisotopic (exact) mass is 408 g/mol. The molecule has 1 N–H and O–H groups in total. The normalized spacial score (nSPS) is 15.5. The highest BCUT2D eigenvalue weighted by Crippen LogP contribution is 2.25. The third-order valence-corrected chi connectivity index (χ3v) is 5.55. The molecule has 0 heterocycles. The van der Waals surface area contributed by atoms with E-state index in [9.17, 15) is 9.59 Å². The summed E-state index contributed by atoms with van der Waals surface area (Å²) in [7, 11) is 0. The van der Waals surface area contributed by atoms with Gasteiger partial charge in [-0.1, -0.05) is 79.9 Å². The summed E-state index contributed by atoms with van der Waals surface area (Å²) >= 11 is 0. The highest BCUT2D eigenvalue weighted by molar-refractivity contribution is 5.84. The van der Waals surface area contributed by atoms with Crippen LogP contribution < -0.4 is 5.32 Å². The molecule has 1 aliphatic carbocycles.